The summed E-state index contributed by atoms with van der Waals surface area (Å²) in [6, 6.07) is 11.9. The molecule has 4 heteroatoms. The van der Waals surface area contributed by atoms with Crippen molar-refractivity contribution in [2.75, 3.05) is 0 Å². The van der Waals surface area contributed by atoms with Gasteiger partial charge in [0.2, 0.25) is 0 Å². The average Bonchev–Trinajstić information content (AvgIpc) is 2.81. The smallest absolute Gasteiger partial charge is 0.0659 e. The lowest BCUT2D eigenvalue weighted by Crippen LogP contribution is -2.27. The molecule has 0 aliphatic heterocycles. The fraction of sp³-hybridized carbons (Fsp3) is 0.375. The van der Waals surface area contributed by atoms with Crippen molar-refractivity contribution in [3.05, 3.63) is 53.7 Å². The lowest BCUT2D eigenvalue weighted by Gasteiger charge is -2.27. The standard InChI is InChI=1S/C16H17BrINS/c1-10(11-5-7-12(17)8-6-11)19-14-3-2-4-15-13(14)9-16(18)20-15/h5-10,14,19H,2-4H2,1H3. The van der Waals surface area contributed by atoms with Crippen LogP contribution >= 0.6 is 49.9 Å². The Hall–Kier alpha value is 0.0900. The number of fused-ring (bicyclic) bond motifs is 1. The second kappa shape index (κ2) is 6.46. The van der Waals surface area contributed by atoms with Gasteiger partial charge in [-0.25, -0.2) is 0 Å². The molecule has 1 heterocycles. The van der Waals surface area contributed by atoms with Crippen molar-refractivity contribution in [2.45, 2.75) is 38.3 Å². The van der Waals surface area contributed by atoms with Crippen LogP contribution in [0.4, 0.5) is 0 Å². The predicted molar refractivity (Wildman–Crippen MR) is 98.4 cm³/mol. The molecule has 0 saturated heterocycles. The molecule has 1 aromatic heterocycles. The van der Waals surface area contributed by atoms with Crippen LogP contribution in [0.3, 0.4) is 0 Å². The van der Waals surface area contributed by atoms with Gasteiger partial charge in [-0.3, -0.25) is 0 Å². The normalized spacial score (nSPS) is 19.6. The van der Waals surface area contributed by atoms with E-state index >= 15 is 0 Å². The molecule has 1 nitrogen and oxygen atoms in total. The van der Waals surface area contributed by atoms with Gasteiger partial charge in [-0.1, -0.05) is 28.1 Å². The lowest BCUT2D eigenvalue weighted by molar-refractivity contribution is 0.418. The number of halogens is 2. The van der Waals surface area contributed by atoms with E-state index in [2.05, 4.69) is 81.1 Å². The first kappa shape index (κ1) is 15.0. The van der Waals surface area contributed by atoms with Gasteiger partial charge in [0.25, 0.3) is 0 Å². The summed E-state index contributed by atoms with van der Waals surface area (Å²) in [6.45, 7) is 2.26. The summed E-state index contributed by atoms with van der Waals surface area (Å²) >= 11 is 7.90. The number of aryl methyl sites for hydroxylation is 1. The first-order valence-corrected chi connectivity index (χ1v) is 9.62. The molecule has 0 saturated carbocycles. The van der Waals surface area contributed by atoms with Crippen molar-refractivity contribution in [3.63, 3.8) is 0 Å². The van der Waals surface area contributed by atoms with E-state index < -0.39 is 0 Å². The highest BCUT2D eigenvalue weighted by molar-refractivity contribution is 14.1. The third-order valence-corrected chi connectivity index (χ3v) is 6.40. The summed E-state index contributed by atoms with van der Waals surface area (Å²) in [5, 5.41) is 3.81. The van der Waals surface area contributed by atoms with Crippen molar-refractivity contribution in [1.82, 2.24) is 5.32 Å². The van der Waals surface area contributed by atoms with E-state index in [1.807, 2.05) is 11.3 Å². The molecule has 0 spiro atoms. The maximum Gasteiger partial charge on any atom is 0.0659 e. The molecule has 2 atom stereocenters. The monoisotopic (exact) mass is 461 g/mol. The largest absolute Gasteiger partial charge is 0.303 e. The Bertz CT molecular complexity index is 593. The predicted octanol–water partition coefficient (Wildman–Crippen LogP) is 5.84. The van der Waals surface area contributed by atoms with Crippen LogP contribution in [0.25, 0.3) is 0 Å². The Morgan fingerprint density at radius 3 is 2.85 bits per heavy atom. The molecular weight excluding hydrogens is 445 g/mol. The first-order chi connectivity index (χ1) is 9.63. The van der Waals surface area contributed by atoms with Crippen molar-refractivity contribution in [2.24, 2.45) is 0 Å². The maximum atomic E-state index is 3.81. The SMILES string of the molecule is CC(NC1CCCc2sc(I)cc21)c1ccc(Br)cc1. The van der Waals surface area contributed by atoms with E-state index in [1.165, 1.54) is 33.3 Å². The minimum Gasteiger partial charge on any atom is -0.303 e. The van der Waals surface area contributed by atoms with Gasteiger partial charge in [0, 0.05) is 21.4 Å². The van der Waals surface area contributed by atoms with Crippen LogP contribution in [-0.4, -0.2) is 0 Å². The average molecular weight is 462 g/mol. The lowest BCUT2D eigenvalue weighted by atomic mass is 9.93. The van der Waals surface area contributed by atoms with Gasteiger partial charge in [-0.2, -0.15) is 0 Å². The van der Waals surface area contributed by atoms with E-state index in [1.54, 1.807) is 4.88 Å². The highest BCUT2D eigenvalue weighted by Crippen LogP contribution is 2.37. The van der Waals surface area contributed by atoms with Gasteiger partial charge in [0.15, 0.2) is 0 Å². The number of thiophene rings is 1. The quantitative estimate of drug-likeness (QED) is 0.566. The second-order valence-corrected chi connectivity index (χ2v) is 9.26. The third-order valence-electron chi connectivity index (χ3n) is 3.90. The zero-order chi connectivity index (χ0) is 14.1. The molecule has 0 fully saturated rings. The molecule has 106 valence electrons. The van der Waals surface area contributed by atoms with E-state index in [9.17, 15) is 0 Å². The Balaban J connectivity index is 1.76. The maximum absolute atomic E-state index is 3.81. The highest BCUT2D eigenvalue weighted by Gasteiger charge is 2.23. The molecule has 2 aromatic rings. The zero-order valence-corrected chi connectivity index (χ0v) is 15.9. The number of benzene rings is 1. The first-order valence-electron chi connectivity index (χ1n) is 6.93. The van der Waals surface area contributed by atoms with Gasteiger partial charge >= 0.3 is 0 Å². The van der Waals surface area contributed by atoms with Gasteiger partial charge < -0.3 is 5.32 Å². The summed E-state index contributed by atoms with van der Waals surface area (Å²) < 4.78 is 2.55. The van der Waals surface area contributed by atoms with Crippen LogP contribution in [0.15, 0.2) is 34.8 Å². The molecule has 0 radical (unpaired) electrons. The molecule has 1 N–H and O–H groups in total. The molecule has 20 heavy (non-hydrogen) atoms. The van der Waals surface area contributed by atoms with Crippen LogP contribution in [0.1, 0.15) is 47.9 Å². The summed E-state index contributed by atoms with van der Waals surface area (Å²) in [5.41, 5.74) is 2.89. The third kappa shape index (κ3) is 3.29. The second-order valence-electron chi connectivity index (χ2n) is 5.31. The fourth-order valence-electron chi connectivity index (χ4n) is 2.84. The van der Waals surface area contributed by atoms with Crippen molar-refractivity contribution < 1.29 is 0 Å². The Kier molecular flexibility index (Phi) is 4.85. The topological polar surface area (TPSA) is 12.0 Å². The van der Waals surface area contributed by atoms with E-state index in [-0.39, 0.29) is 0 Å². The van der Waals surface area contributed by atoms with Gasteiger partial charge in [-0.05, 0) is 78.1 Å². The number of nitrogens with one attached hydrogen (secondary N) is 1. The number of hydrogen-bond acceptors (Lipinski definition) is 2. The van der Waals surface area contributed by atoms with Gasteiger partial charge in [-0.15, -0.1) is 11.3 Å². The Morgan fingerprint density at radius 2 is 2.10 bits per heavy atom. The summed E-state index contributed by atoms with van der Waals surface area (Å²) in [4.78, 5) is 1.58. The van der Waals surface area contributed by atoms with E-state index in [0.29, 0.717) is 12.1 Å². The van der Waals surface area contributed by atoms with Crippen LogP contribution in [-0.2, 0) is 6.42 Å². The molecule has 1 aromatic carbocycles. The fourth-order valence-corrected chi connectivity index (χ4v) is 5.23. The molecule has 2 unspecified atom stereocenters. The summed E-state index contributed by atoms with van der Waals surface area (Å²) in [5.74, 6) is 0. The highest BCUT2D eigenvalue weighted by atomic mass is 127. The number of rotatable bonds is 3. The minimum atomic E-state index is 0.386. The molecular formula is C16H17BrINS. The molecule has 0 bridgehead atoms. The Morgan fingerprint density at radius 1 is 1.35 bits per heavy atom. The van der Waals surface area contributed by atoms with Crippen LogP contribution < -0.4 is 5.32 Å². The van der Waals surface area contributed by atoms with Crippen LogP contribution in [0.5, 0.6) is 0 Å². The van der Waals surface area contributed by atoms with Crippen LogP contribution in [0.2, 0.25) is 0 Å². The minimum absolute atomic E-state index is 0.386. The van der Waals surface area contributed by atoms with E-state index in [0.717, 1.165) is 4.47 Å². The van der Waals surface area contributed by atoms with Crippen molar-refractivity contribution >= 4 is 49.9 Å². The van der Waals surface area contributed by atoms with E-state index in [4.69, 9.17) is 0 Å². The molecule has 1 aliphatic carbocycles. The molecule has 0 amide bonds. The summed E-state index contributed by atoms with van der Waals surface area (Å²) in [7, 11) is 0. The van der Waals surface area contributed by atoms with Crippen molar-refractivity contribution in [1.29, 1.82) is 0 Å². The summed E-state index contributed by atoms with van der Waals surface area (Å²) in [6.07, 6.45) is 3.81. The molecule has 3 rings (SSSR count). The van der Waals surface area contributed by atoms with Crippen LogP contribution in [0, 0.1) is 2.88 Å². The van der Waals surface area contributed by atoms with Gasteiger partial charge in [0.1, 0.15) is 0 Å². The molecule has 1 aliphatic rings. The Labute approximate surface area is 146 Å². The zero-order valence-electron chi connectivity index (χ0n) is 11.3. The van der Waals surface area contributed by atoms with Crippen molar-refractivity contribution in [3.8, 4) is 0 Å². The van der Waals surface area contributed by atoms with Gasteiger partial charge in [0.05, 0.1) is 2.88 Å². The number of hydrogen-bond donors (Lipinski definition) is 1.